The Hall–Kier alpha value is -2.61. The smallest absolute Gasteiger partial charge is 0.305 e. The number of nitro groups is 1. The lowest BCUT2D eigenvalue weighted by Gasteiger charge is -2.20. The number of carbonyl (C=O) groups excluding carboxylic acids is 1. The molecule has 0 atom stereocenters. The van der Waals surface area contributed by atoms with Crippen LogP contribution in [0.15, 0.2) is 51.1 Å². The number of benzene rings is 2. The van der Waals surface area contributed by atoms with Crippen molar-refractivity contribution in [3.63, 3.8) is 0 Å². The number of esters is 1. The van der Waals surface area contributed by atoms with Crippen molar-refractivity contribution in [1.82, 2.24) is 0 Å². The van der Waals surface area contributed by atoms with Gasteiger partial charge >= 0.3 is 5.97 Å². The lowest BCUT2D eigenvalue weighted by Crippen LogP contribution is -2.11. The van der Waals surface area contributed by atoms with Crippen LogP contribution in [0.2, 0.25) is 0 Å². The third kappa shape index (κ3) is 5.95. The summed E-state index contributed by atoms with van der Waals surface area (Å²) in [7, 11) is 1.36. The minimum absolute atomic E-state index is 0.129. The average Bonchev–Trinajstić information content (AvgIpc) is 2.64. The molecule has 0 aliphatic carbocycles. The van der Waals surface area contributed by atoms with Crippen molar-refractivity contribution in [3.8, 4) is 0 Å². The van der Waals surface area contributed by atoms with E-state index in [1.54, 1.807) is 6.07 Å². The van der Waals surface area contributed by atoms with E-state index in [4.69, 9.17) is 4.74 Å². The molecule has 0 heterocycles. The first kappa shape index (κ1) is 21.7. The van der Waals surface area contributed by atoms with Gasteiger partial charge in [-0.25, -0.2) is 0 Å². The molecule has 7 nitrogen and oxygen atoms in total. The molecule has 0 spiro atoms. The largest absolute Gasteiger partial charge is 0.469 e. The van der Waals surface area contributed by atoms with Crippen LogP contribution in [0.3, 0.4) is 0 Å². The number of carbonyl (C=O) groups is 1. The maximum atomic E-state index is 11.5. The fourth-order valence-corrected chi connectivity index (χ4v) is 2.85. The molecule has 0 unspecified atom stereocenters. The van der Waals surface area contributed by atoms with Crippen molar-refractivity contribution >= 4 is 39.0 Å². The summed E-state index contributed by atoms with van der Waals surface area (Å²) in [5.41, 5.74) is 2.45. The van der Waals surface area contributed by atoms with Crippen LogP contribution in [-0.2, 0) is 21.4 Å². The number of hydrogen-bond donors (Lipinski definition) is 0. The summed E-state index contributed by atoms with van der Waals surface area (Å²) < 4.78 is 5.30. The molecule has 0 aromatic heterocycles. The minimum atomic E-state index is -0.494. The van der Waals surface area contributed by atoms with Crippen LogP contribution in [0.1, 0.15) is 38.3 Å². The Kier molecular flexibility index (Phi) is 7.01. The van der Waals surface area contributed by atoms with Crippen LogP contribution in [0.5, 0.6) is 0 Å². The number of aryl methyl sites for hydroxylation is 1. The number of nitrogens with zero attached hydrogens (tertiary/aromatic N) is 3. The van der Waals surface area contributed by atoms with Crippen molar-refractivity contribution in [2.45, 2.75) is 39.0 Å². The van der Waals surface area contributed by atoms with Gasteiger partial charge in [0.25, 0.3) is 5.69 Å². The molecule has 2 aromatic carbocycles. The molecule has 0 amide bonds. The molecular formula is C20H22BrN3O4. The average molecular weight is 448 g/mol. The van der Waals surface area contributed by atoms with Crippen molar-refractivity contribution < 1.29 is 14.5 Å². The van der Waals surface area contributed by atoms with E-state index in [2.05, 4.69) is 46.9 Å². The van der Waals surface area contributed by atoms with E-state index < -0.39 is 4.92 Å². The zero-order valence-corrected chi connectivity index (χ0v) is 17.8. The van der Waals surface area contributed by atoms with E-state index in [9.17, 15) is 14.9 Å². The third-order valence-corrected chi connectivity index (χ3v) is 4.59. The first-order valence-electron chi connectivity index (χ1n) is 8.67. The number of ether oxygens (including phenoxy) is 1. The third-order valence-electron chi connectivity index (χ3n) is 4.10. The molecule has 0 bridgehead atoms. The summed E-state index contributed by atoms with van der Waals surface area (Å²) >= 11 is 3.22. The molecule has 0 radical (unpaired) electrons. The maximum Gasteiger partial charge on any atom is 0.305 e. The van der Waals surface area contributed by atoms with Crippen LogP contribution in [0.25, 0.3) is 0 Å². The van der Waals surface area contributed by atoms with Gasteiger partial charge in [0.2, 0.25) is 0 Å². The van der Waals surface area contributed by atoms with Gasteiger partial charge in [-0.2, -0.15) is 5.11 Å². The molecule has 2 aromatic rings. The molecular weight excluding hydrogens is 426 g/mol. The van der Waals surface area contributed by atoms with Gasteiger partial charge in [-0.05, 0) is 47.2 Å². The van der Waals surface area contributed by atoms with E-state index in [1.807, 2.05) is 18.2 Å². The van der Waals surface area contributed by atoms with E-state index in [1.165, 1.54) is 19.2 Å². The quantitative estimate of drug-likeness (QED) is 0.228. The standard InChI is InChI=1S/C20H22BrN3O4/c1-20(2,3)14-9-13(5-8-19(25)28-4)10-16(11-14)22-23-17-7-6-15(21)12-18(17)24(26)27/h6-7,9-12H,5,8H2,1-4H3. The maximum absolute atomic E-state index is 11.5. The van der Waals surface area contributed by atoms with E-state index in [0.29, 0.717) is 16.6 Å². The highest BCUT2D eigenvalue weighted by molar-refractivity contribution is 9.10. The molecule has 0 saturated carbocycles. The molecule has 0 N–H and O–H groups in total. The Morgan fingerprint density at radius 1 is 1.18 bits per heavy atom. The van der Waals surface area contributed by atoms with Gasteiger partial charge in [0.05, 0.1) is 17.7 Å². The lowest BCUT2D eigenvalue weighted by molar-refractivity contribution is -0.384. The van der Waals surface area contributed by atoms with Gasteiger partial charge in [-0.3, -0.25) is 14.9 Å². The summed E-state index contributed by atoms with van der Waals surface area (Å²) in [6.07, 6.45) is 0.774. The van der Waals surface area contributed by atoms with E-state index in [0.717, 1.165) is 11.1 Å². The monoisotopic (exact) mass is 447 g/mol. The minimum Gasteiger partial charge on any atom is -0.469 e. The molecule has 0 saturated heterocycles. The number of halogens is 1. The second-order valence-electron chi connectivity index (χ2n) is 7.30. The topological polar surface area (TPSA) is 94.2 Å². The highest BCUT2D eigenvalue weighted by Crippen LogP contribution is 2.33. The Labute approximate surface area is 172 Å². The first-order chi connectivity index (χ1) is 13.1. The summed E-state index contributed by atoms with van der Waals surface area (Å²) in [6, 6.07) is 10.4. The van der Waals surface area contributed by atoms with Gasteiger partial charge in [-0.15, -0.1) is 5.11 Å². The Morgan fingerprint density at radius 3 is 2.50 bits per heavy atom. The second-order valence-corrected chi connectivity index (χ2v) is 8.22. The van der Waals surface area contributed by atoms with Crippen LogP contribution in [-0.4, -0.2) is 18.0 Å². The lowest BCUT2D eigenvalue weighted by atomic mass is 9.85. The normalized spacial score (nSPS) is 11.6. The predicted octanol–water partition coefficient (Wildman–Crippen LogP) is 6.18. The van der Waals surface area contributed by atoms with E-state index >= 15 is 0 Å². The highest BCUT2D eigenvalue weighted by atomic mass is 79.9. The van der Waals surface area contributed by atoms with Crippen LogP contribution < -0.4 is 0 Å². The SMILES string of the molecule is COC(=O)CCc1cc(N=Nc2ccc(Br)cc2[N+](=O)[O-])cc(C(C)(C)C)c1. The van der Waals surface area contributed by atoms with Gasteiger partial charge < -0.3 is 4.74 Å². The summed E-state index contributed by atoms with van der Waals surface area (Å²) in [5.74, 6) is -0.283. The van der Waals surface area contributed by atoms with Gasteiger partial charge in [0.1, 0.15) is 0 Å². The number of azo groups is 1. The van der Waals surface area contributed by atoms with Crippen molar-refractivity contribution in [2.24, 2.45) is 10.2 Å². The van der Waals surface area contributed by atoms with Crippen LogP contribution in [0.4, 0.5) is 17.1 Å². The highest BCUT2D eigenvalue weighted by Gasteiger charge is 2.17. The summed E-state index contributed by atoms with van der Waals surface area (Å²) in [6.45, 7) is 6.23. The van der Waals surface area contributed by atoms with Gasteiger partial charge in [0, 0.05) is 17.0 Å². The molecule has 28 heavy (non-hydrogen) atoms. The zero-order chi connectivity index (χ0) is 20.9. The molecule has 0 aliphatic heterocycles. The molecule has 0 fully saturated rings. The molecule has 148 valence electrons. The number of nitro benzene ring substituents is 1. The molecule has 2 rings (SSSR count). The molecule has 0 aliphatic rings. The fourth-order valence-electron chi connectivity index (χ4n) is 2.50. The summed E-state index contributed by atoms with van der Waals surface area (Å²) in [5, 5.41) is 19.5. The van der Waals surface area contributed by atoms with Crippen molar-refractivity contribution in [3.05, 3.63) is 62.1 Å². The Balaban J connectivity index is 2.40. The van der Waals surface area contributed by atoms with Gasteiger partial charge in [-0.1, -0.05) is 42.8 Å². The zero-order valence-electron chi connectivity index (χ0n) is 16.2. The Bertz CT molecular complexity index is 920. The van der Waals surface area contributed by atoms with Crippen LogP contribution in [0, 0.1) is 10.1 Å². The second kappa shape index (κ2) is 9.05. The van der Waals surface area contributed by atoms with E-state index in [-0.39, 0.29) is 29.2 Å². The number of rotatable bonds is 6. The first-order valence-corrected chi connectivity index (χ1v) is 9.46. The molecule has 8 heteroatoms. The number of methoxy groups -OCH3 is 1. The Morgan fingerprint density at radius 2 is 1.89 bits per heavy atom. The van der Waals surface area contributed by atoms with Crippen molar-refractivity contribution in [1.29, 1.82) is 0 Å². The number of hydrogen-bond acceptors (Lipinski definition) is 6. The fraction of sp³-hybridized carbons (Fsp3) is 0.350. The predicted molar refractivity (Wildman–Crippen MR) is 110 cm³/mol. The van der Waals surface area contributed by atoms with Crippen LogP contribution >= 0.6 is 15.9 Å². The summed E-state index contributed by atoms with van der Waals surface area (Å²) in [4.78, 5) is 22.2. The van der Waals surface area contributed by atoms with Gasteiger partial charge in [0.15, 0.2) is 5.69 Å². The van der Waals surface area contributed by atoms with Crippen molar-refractivity contribution in [2.75, 3.05) is 7.11 Å².